The fourth-order valence-electron chi connectivity index (χ4n) is 3.91. The van der Waals surface area contributed by atoms with Gasteiger partial charge in [0.15, 0.2) is 0 Å². The lowest BCUT2D eigenvalue weighted by Gasteiger charge is -2.12. The smallest absolute Gasteiger partial charge is 0.128 e. The molecule has 6 nitrogen and oxygen atoms in total. The lowest BCUT2D eigenvalue weighted by molar-refractivity contribution is 0.289. The van der Waals surface area contributed by atoms with Crippen LogP contribution in [-0.4, -0.2) is 37.9 Å². The van der Waals surface area contributed by atoms with Crippen LogP contribution in [0.4, 0.5) is 0 Å². The zero-order chi connectivity index (χ0) is 22.5. The van der Waals surface area contributed by atoms with Crippen molar-refractivity contribution in [3.05, 3.63) is 94.5 Å². The van der Waals surface area contributed by atoms with E-state index in [0.717, 1.165) is 77.2 Å². The van der Waals surface area contributed by atoms with E-state index >= 15 is 0 Å². The van der Waals surface area contributed by atoms with Crippen LogP contribution in [-0.2, 0) is 13.2 Å². The van der Waals surface area contributed by atoms with Gasteiger partial charge < -0.3 is 20.1 Å². The first-order chi connectivity index (χ1) is 16.2. The Kier molecular flexibility index (Phi) is 6.24. The lowest BCUT2D eigenvalue weighted by Crippen LogP contribution is -2.19. The molecule has 2 heterocycles. The fraction of sp³-hybridized carbons (Fsp3) is 0.259. The highest BCUT2D eigenvalue weighted by atomic mass is 16.5. The number of hydrogen-bond donors (Lipinski definition) is 2. The summed E-state index contributed by atoms with van der Waals surface area (Å²) < 4.78 is 12.1. The van der Waals surface area contributed by atoms with Crippen molar-refractivity contribution < 1.29 is 9.47 Å². The van der Waals surface area contributed by atoms with Crippen LogP contribution in [0.2, 0.25) is 0 Å². The molecule has 0 saturated carbocycles. The summed E-state index contributed by atoms with van der Waals surface area (Å²) in [5, 5.41) is 6.60. The normalized spacial score (nSPS) is 14.8. The average molecular weight is 441 g/mol. The molecule has 168 valence electrons. The number of benzene rings is 3. The minimum atomic E-state index is 0.502. The molecular formula is C27H28N4O2. The van der Waals surface area contributed by atoms with Crippen molar-refractivity contribution in [1.82, 2.24) is 10.6 Å². The number of ether oxygens (including phenoxy) is 2. The summed E-state index contributed by atoms with van der Waals surface area (Å²) in [4.78, 5) is 8.92. The average Bonchev–Trinajstić information content (AvgIpc) is 3.57. The van der Waals surface area contributed by atoms with Crippen molar-refractivity contribution in [2.24, 2.45) is 9.98 Å². The van der Waals surface area contributed by atoms with Crippen LogP contribution in [0.5, 0.6) is 11.5 Å². The number of aryl methyl sites for hydroxylation is 1. The predicted octanol–water partition coefficient (Wildman–Crippen LogP) is 3.85. The van der Waals surface area contributed by atoms with Crippen molar-refractivity contribution >= 4 is 11.7 Å². The molecule has 2 aliphatic heterocycles. The van der Waals surface area contributed by atoms with Gasteiger partial charge in [0.2, 0.25) is 0 Å². The van der Waals surface area contributed by atoms with Crippen molar-refractivity contribution in [2.45, 2.75) is 20.1 Å². The maximum Gasteiger partial charge on any atom is 0.128 e. The second-order valence-corrected chi connectivity index (χ2v) is 8.27. The molecule has 2 aliphatic rings. The van der Waals surface area contributed by atoms with E-state index in [4.69, 9.17) is 9.47 Å². The summed E-state index contributed by atoms with van der Waals surface area (Å²) in [5.41, 5.74) is 5.56. The Hall–Kier alpha value is -3.80. The molecular weight excluding hydrogens is 412 g/mol. The van der Waals surface area contributed by atoms with Crippen molar-refractivity contribution in [3.63, 3.8) is 0 Å². The van der Waals surface area contributed by atoms with E-state index in [0.29, 0.717) is 13.2 Å². The molecule has 3 aromatic carbocycles. The molecule has 6 heteroatoms. The minimum absolute atomic E-state index is 0.502. The molecule has 0 saturated heterocycles. The molecule has 0 fully saturated rings. The first-order valence-electron chi connectivity index (χ1n) is 11.4. The van der Waals surface area contributed by atoms with Gasteiger partial charge in [0, 0.05) is 30.3 Å². The second kappa shape index (κ2) is 9.77. The largest absolute Gasteiger partial charge is 0.489 e. The van der Waals surface area contributed by atoms with Gasteiger partial charge >= 0.3 is 0 Å². The van der Waals surface area contributed by atoms with Gasteiger partial charge in [-0.25, -0.2) is 0 Å². The molecule has 5 rings (SSSR count). The van der Waals surface area contributed by atoms with Crippen LogP contribution in [0.25, 0.3) is 0 Å². The molecule has 3 aromatic rings. The van der Waals surface area contributed by atoms with E-state index in [1.165, 1.54) is 0 Å². The number of aliphatic imine (C=N–C) groups is 2. The molecule has 0 spiro atoms. The molecule has 0 amide bonds. The highest BCUT2D eigenvalue weighted by Crippen LogP contribution is 2.24. The van der Waals surface area contributed by atoms with Gasteiger partial charge in [-0.15, -0.1) is 0 Å². The van der Waals surface area contributed by atoms with Crippen LogP contribution >= 0.6 is 0 Å². The zero-order valence-corrected chi connectivity index (χ0v) is 18.8. The standard InChI is InChI=1S/C27H28N4O2/c1-19-14-24(32-17-20-2-6-22(7-3-20)26-28-10-11-29-26)16-25(15-19)33-18-21-4-8-23(9-5-21)27-30-12-13-31-27/h2-9,14-16H,10-13,17-18H2,1H3,(H,28,29)(H,30,31). The Morgan fingerprint density at radius 1 is 0.667 bits per heavy atom. The van der Waals surface area contributed by atoms with Crippen LogP contribution in [0.1, 0.15) is 27.8 Å². The van der Waals surface area contributed by atoms with Crippen molar-refractivity contribution in [2.75, 3.05) is 26.2 Å². The number of amidine groups is 2. The van der Waals surface area contributed by atoms with E-state index in [1.54, 1.807) is 0 Å². The fourth-order valence-corrected chi connectivity index (χ4v) is 3.91. The molecule has 0 radical (unpaired) electrons. The van der Waals surface area contributed by atoms with Gasteiger partial charge in [0.25, 0.3) is 0 Å². The van der Waals surface area contributed by atoms with Gasteiger partial charge in [0.05, 0.1) is 13.1 Å². The SMILES string of the molecule is Cc1cc(OCc2ccc(C3=NCCN3)cc2)cc(OCc2ccc(C3=NCCN3)cc2)c1. The maximum atomic E-state index is 6.06. The summed E-state index contributed by atoms with van der Waals surface area (Å²) in [6.07, 6.45) is 0. The summed E-state index contributed by atoms with van der Waals surface area (Å²) in [5.74, 6) is 3.55. The highest BCUT2D eigenvalue weighted by molar-refractivity contribution is 6.00. The van der Waals surface area contributed by atoms with Gasteiger partial charge in [-0.05, 0) is 35.7 Å². The van der Waals surface area contributed by atoms with Gasteiger partial charge in [-0.3, -0.25) is 9.98 Å². The van der Waals surface area contributed by atoms with Crippen molar-refractivity contribution in [1.29, 1.82) is 0 Å². The Labute approximate surface area is 194 Å². The van der Waals surface area contributed by atoms with E-state index in [-0.39, 0.29) is 0 Å². The maximum absolute atomic E-state index is 6.06. The minimum Gasteiger partial charge on any atom is -0.489 e. The Bertz CT molecular complexity index is 1080. The first-order valence-corrected chi connectivity index (χ1v) is 11.4. The first kappa shape index (κ1) is 21.1. The van der Waals surface area contributed by atoms with Crippen LogP contribution in [0.3, 0.4) is 0 Å². The monoisotopic (exact) mass is 440 g/mol. The highest BCUT2D eigenvalue weighted by Gasteiger charge is 2.09. The molecule has 33 heavy (non-hydrogen) atoms. The van der Waals surface area contributed by atoms with Crippen LogP contribution < -0.4 is 20.1 Å². The van der Waals surface area contributed by atoms with Crippen molar-refractivity contribution in [3.8, 4) is 11.5 Å². The van der Waals surface area contributed by atoms with E-state index in [9.17, 15) is 0 Å². The molecule has 0 unspecified atom stereocenters. The predicted molar refractivity (Wildman–Crippen MR) is 132 cm³/mol. The zero-order valence-electron chi connectivity index (χ0n) is 18.8. The summed E-state index contributed by atoms with van der Waals surface area (Å²) in [6, 6.07) is 22.7. The van der Waals surface area contributed by atoms with E-state index < -0.39 is 0 Å². The van der Waals surface area contributed by atoms with E-state index in [1.807, 2.05) is 25.1 Å². The lowest BCUT2D eigenvalue weighted by atomic mass is 10.1. The molecule has 0 atom stereocenters. The summed E-state index contributed by atoms with van der Waals surface area (Å²) in [7, 11) is 0. The molecule has 0 aliphatic carbocycles. The Balaban J connectivity index is 1.17. The Morgan fingerprint density at radius 3 is 1.52 bits per heavy atom. The summed E-state index contributed by atoms with van der Waals surface area (Å²) >= 11 is 0. The van der Waals surface area contributed by atoms with Gasteiger partial charge in [0.1, 0.15) is 36.4 Å². The topological polar surface area (TPSA) is 67.2 Å². The van der Waals surface area contributed by atoms with E-state index in [2.05, 4.69) is 69.1 Å². The third-order valence-electron chi connectivity index (χ3n) is 5.64. The third-order valence-corrected chi connectivity index (χ3v) is 5.64. The van der Waals surface area contributed by atoms with Crippen LogP contribution in [0, 0.1) is 6.92 Å². The molecule has 2 N–H and O–H groups in total. The van der Waals surface area contributed by atoms with Gasteiger partial charge in [-0.2, -0.15) is 0 Å². The number of hydrogen-bond acceptors (Lipinski definition) is 6. The molecule has 0 aromatic heterocycles. The quantitative estimate of drug-likeness (QED) is 0.558. The van der Waals surface area contributed by atoms with Gasteiger partial charge in [-0.1, -0.05) is 48.5 Å². The second-order valence-electron chi connectivity index (χ2n) is 8.27. The number of nitrogens with zero attached hydrogens (tertiary/aromatic N) is 2. The molecule has 0 bridgehead atoms. The Morgan fingerprint density at radius 2 is 1.12 bits per heavy atom. The number of rotatable bonds is 8. The van der Waals surface area contributed by atoms with Crippen LogP contribution in [0.15, 0.2) is 76.7 Å². The summed E-state index contributed by atoms with van der Waals surface area (Å²) in [6.45, 7) is 6.57. The number of nitrogens with one attached hydrogen (secondary N) is 2. The third kappa shape index (κ3) is 5.34.